The van der Waals surface area contributed by atoms with E-state index in [-0.39, 0.29) is 5.82 Å². The summed E-state index contributed by atoms with van der Waals surface area (Å²) in [5.41, 5.74) is 0.366. The quantitative estimate of drug-likeness (QED) is 0.863. The van der Waals surface area contributed by atoms with Crippen molar-refractivity contribution in [3.05, 3.63) is 34.1 Å². The molecule has 1 aromatic rings. The highest BCUT2D eigenvalue weighted by molar-refractivity contribution is 9.10. The van der Waals surface area contributed by atoms with E-state index in [1.807, 2.05) is 13.0 Å². The molecule has 0 amide bonds. The molecule has 2 rings (SSSR count). The van der Waals surface area contributed by atoms with Crippen LogP contribution in [0.25, 0.3) is 0 Å². The van der Waals surface area contributed by atoms with Crippen LogP contribution in [0.5, 0.6) is 0 Å². The first-order valence-electron chi connectivity index (χ1n) is 7.36. The number of likely N-dealkylation sites (tertiary alicyclic amines) is 1. The number of hydrogen-bond acceptors (Lipinski definition) is 2. The molecule has 0 aliphatic carbocycles. The third kappa shape index (κ3) is 3.83. The molecule has 1 heterocycles. The lowest BCUT2D eigenvalue weighted by Gasteiger charge is -2.38. The first-order chi connectivity index (χ1) is 9.97. The fourth-order valence-electron chi connectivity index (χ4n) is 3.08. The highest BCUT2D eigenvalue weighted by atomic mass is 79.9. The summed E-state index contributed by atoms with van der Waals surface area (Å²) in [7, 11) is 0. The number of nitrogens with zero attached hydrogens (tertiary/aromatic N) is 1. The maximum atomic E-state index is 13.5. The summed E-state index contributed by atoms with van der Waals surface area (Å²) in [5, 5.41) is 9.49. The van der Waals surface area contributed by atoms with Crippen LogP contribution in [0.4, 0.5) is 4.39 Å². The Kier molecular flexibility index (Phi) is 5.38. The van der Waals surface area contributed by atoms with Gasteiger partial charge in [0.2, 0.25) is 0 Å². The van der Waals surface area contributed by atoms with Crippen LogP contribution in [0.3, 0.4) is 0 Å². The van der Waals surface area contributed by atoms with Gasteiger partial charge < -0.3 is 5.11 Å². The summed E-state index contributed by atoms with van der Waals surface area (Å²) in [4.78, 5) is 13.7. The van der Waals surface area contributed by atoms with E-state index < -0.39 is 11.4 Å². The van der Waals surface area contributed by atoms with E-state index in [9.17, 15) is 14.3 Å². The summed E-state index contributed by atoms with van der Waals surface area (Å²) in [5.74, 6) is -0.922. The molecule has 3 nitrogen and oxygen atoms in total. The number of aliphatic carboxylic acids is 1. The van der Waals surface area contributed by atoms with Crippen molar-refractivity contribution in [2.24, 2.45) is 5.41 Å². The number of piperidine rings is 1. The summed E-state index contributed by atoms with van der Waals surface area (Å²) in [6, 6.07) is 5.15. The number of carbonyl (C=O) groups is 1. The lowest BCUT2D eigenvalue weighted by molar-refractivity contribution is -0.152. The van der Waals surface area contributed by atoms with Crippen molar-refractivity contribution in [2.75, 3.05) is 13.1 Å². The first kappa shape index (κ1) is 16.4. The molecule has 1 fully saturated rings. The molecule has 0 saturated carbocycles. The molecule has 116 valence electrons. The molecule has 0 aromatic heterocycles. The fourth-order valence-corrected chi connectivity index (χ4v) is 3.33. The molecule has 0 atom stereocenters. The highest BCUT2D eigenvalue weighted by Crippen LogP contribution is 2.36. The van der Waals surface area contributed by atoms with Gasteiger partial charge in [-0.25, -0.2) is 4.39 Å². The van der Waals surface area contributed by atoms with E-state index in [4.69, 9.17) is 0 Å². The molecule has 5 heteroatoms. The highest BCUT2D eigenvalue weighted by Gasteiger charge is 2.40. The van der Waals surface area contributed by atoms with Gasteiger partial charge in [0, 0.05) is 6.54 Å². The SMILES string of the molecule is CCCC1(C(=O)O)CCN(Cc2ccc(Br)c(F)c2)CC1. The number of carboxylic acids is 1. The van der Waals surface area contributed by atoms with Gasteiger partial charge in [-0.1, -0.05) is 19.4 Å². The Hall–Kier alpha value is -0.940. The molecule has 0 unspecified atom stereocenters. The predicted octanol–water partition coefficient (Wildman–Crippen LogP) is 4.06. The van der Waals surface area contributed by atoms with Crippen LogP contribution in [-0.2, 0) is 11.3 Å². The topological polar surface area (TPSA) is 40.5 Å². The molecular weight excluding hydrogens is 337 g/mol. The smallest absolute Gasteiger partial charge is 0.309 e. The van der Waals surface area contributed by atoms with E-state index in [2.05, 4.69) is 20.8 Å². The van der Waals surface area contributed by atoms with Crippen LogP contribution >= 0.6 is 15.9 Å². The van der Waals surface area contributed by atoms with Gasteiger partial charge >= 0.3 is 5.97 Å². The lowest BCUT2D eigenvalue weighted by Crippen LogP contribution is -2.44. The van der Waals surface area contributed by atoms with Crippen LogP contribution in [-0.4, -0.2) is 29.1 Å². The van der Waals surface area contributed by atoms with E-state index >= 15 is 0 Å². The van der Waals surface area contributed by atoms with Crippen LogP contribution in [0, 0.1) is 11.2 Å². The van der Waals surface area contributed by atoms with Crippen LogP contribution in [0.15, 0.2) is 22.7 Å². The third-order valence-corrected chi connectivity index (χ3v) is 5.03. The molecule has 0 radical (unpaired) electrons. The van der Waals surface area contributed by atoms with Crippen LogP contribution in [0.2, 0.25) is 0 Å². The fraction of sp³-hybridized carbons (Fsp3) is 0.562. The maximum Gasteiger partial charge on any atom is 0.309 e. The van der Waals surface area contributed by atoms with E-state index in [1.54, 1.807) is 6.07 Å². The second kappa shape index (κ2) is 6.88. The van der Waals surface area contributed by atoms with Gasteiger partial charge in [-0.2, -0.15) is 0 Å². The molecule has 1 N–H and O–H groups in total. The van der Waals surface area contributed by atoms with E-state index in [0.29, 0.717) is 23.9 Å². The van der Waals surface area contributed by atoms with Gasteiger partial charge in [0.25, 0.3) is 0 Å². The largest absolute Gasteiger partial charge is 0.481 e. The summed E-state index contributed by atoms with van der Waals surface area (Å²) < 4.78 is 14.0. The summed E-state index contributed by atoms with van der Waals surface area (Å²) in [6.07, 6.45) is 2.98. The van der Waals surface area contributed by atoms with Crippen molar-refractivity contribution in [1.82, 2.24) is 4.90 Å². The van der Waals surface area contributed by atoms with E-state index in [1.165, 1.54) is 6.07 Å². The Bertz CT molecular complexity index is 513. The standard InChI is InChI=1S/C16H21BrFNO2/c1-2-5-16(15(20)21)6-8-19(9-7-16)11-12-3-4-13(17)14(18)10-12/h3-4,10H,2,5-9,11H2,1H3,(H,20,21). The van der Waals surface area contributed by atoms with Crippen LogP contribution in [0.1, 0.15) is 38.2 Å². The zero-order valence-corrected chi connectivity index (χ0v) is 13.8. The maximum absolute atomic E-state index is 13.5. The Labute approximate surface area is 133 Å². The van der Waals surface area contributed by atoms with Gasteiger partial charge in [0.05, 0.1) is 9.89 Å². The summed E-state index contributed by atoms with van der Waals surface area (Å²) in [6.45, 7) is 4.21. The Morgan fingerprint density at radius 3 is 2.62 bits per heavy atom. The molecule has 1 aliphatic rings. The molecule has 1 aromatic carbocycles. The van der Waals surface area contributed by atoms with Crippen LogP contribution < -0.4 is 0 Å². The molecular formula is C16H21BrFNO2. The third-order valence-electron chi connectivity index (χ3n) is 4.39. The molecule has 21 heavy (non-hydrogen) atoms. The van der Waals surface area contributed by atoms with Crippen molar-refractivity contribution < 1.29 is 14.3 Å². The second-order valence-corrected chi connectivity index (χ2v) is 6.71. The second-order valence-electron chi connectivity index (χ2n) is 5.86. The zero-order chi connectivity index (χ0) is 15.5. The zero-order valence-electron chi connectivity index (χ0n) is 12.2. The Morgan fingerprint density at radius 2 is 2.10 bits per heavy atom. The lowest BCUT2D eigenvalue weighted by atomic mass is 9.75. The number of hydrogen-bond donors (Lipinski definition) is 1. The number of rotatable bonds is 5. The summed E-state index contributed by atoms with van der Waals surface area (Å²) >= 11 is 3.15. The molecule has 1 aliphatic heterocycles. The molecule has 0 bridgehead atoms. The van der Waals surface area contributed by atoms with Crippen molar-refractivity contribution >= 4 is 21.9 Å². The van der Waals surface area contributed by atoms with Gasteiger partial charge in [0.1, 0.15) is 5.82 Å². The Morgan fingerprint density at radius 1 is 1.43 bits per heavy atom. The molecule has 1 saturated heterocycles. The van der Waals surface area contributed by atoms with Crippen molar-refractivity contribution in [3.63, 3.8) is 0 Å². The number of carboxylic acid groups (broad SMARTS) is 1. The average Bonchev–Trinajstić information content (AvgIpc) is 2.45. The first-order valence-corrected chi connectivity index (χ1v) is 8.16. The van der Waals surface area contributed by atoms with Crippen molar-refractivity contribution in [3.8, 4) is 0 Å². The van der Waals surface area contributed by atoms with Gasteiger partial charge in [0.15, 0.2) is 0 Å². The minimum Gasteiger partial charge on any atom is -0.481 e. The van der Waals surface area contributed by atoms with E-state index in [0.717, 1.165) is 31.5 Å². The van der Waals surface area contributed by atoms with Gasteiger partial charge in [-0.3, -0.25) is 9.69 Å². The number of benzene rings is 1. The van der Waals surface area contributed by atoms with Gasteiger partial charge in [-0.05, 0) is 66.0 Å². The number of halogens is 2. The predicted molar refractivity (Wildman–Crippen MR) is 83.6 cm³/mol. The average molecular weight is 358 g/mol. The molecule has 0 spiro atoms. The minimum absolute atomic E-state index is 0.254. The van der Waals surface area contributed by atoms with Crippen molar-refractivity contribution in [1.29, 1.82) is 0 Å². The monoisotopic (exact) mass is 357 g/mol. The normalized spacial score (nSPS) is 18.6. The van der Waals surface area contributed by atoms with Gasteiger partial charge in [-0.15, -0.1) is 0 Å². The minimum atomic E-state index is -0.668. The van der Waals surface area contributed by atoms with Crippen molar-refractivity contribution in [2.45, 2.75) is 39.2 Å². The Balaban J connectivity index is 1.97.